The molecule has 1 aliphatic heterocycles. The molecule has 1 aromatic rings. The van der Waals surface area contributed by atoms with Crippen LogP contribution in [0.15, 0.2) is 18.2 Å². The molecule has 0 aliphatic carbocycles. The topological polar surface area (TPSA) is 29.3 Å². The van der Waals surface area contributed by atoms with Crippen molar-refractivity contribution in [3.63, 3.8) is 0 Å². The van der Waals surface area contributed by atoms with E-state index >= 15 is 0 Å². The average molecular weight is 274 g/mol. The Morgan fingerprint density at radius 1 is 1.05 bits per heavy atom. The molecule has 0 saturated carbocycles. The Morgan fingerprint density at radius 2 is 1.55 bits per heavy atom. The van der Waals surface area contributed by atoms with E-state index < -0.39 is 0 Å². The summed E-state index contributed by atoms with van der Waals surface area (Å²) >= 11 is 0. The van der Waals surface area contributed by atoms with Crippen LogP contribution in [0.2, 0.25) is 0 Å². The Balaban J connectivity index is 2.37. The van der Waals surface area contributed by atoms with Crippen LogP contribution in [0, 0.1) is 13.8 Å². The van der Waals surface area contributed by atoms with E-state index in [1.165, 1.54) is 42.6 Å². The summed E-state index contributed by atoms with van der Waals surface area (Å²) in [6.07, 6.45) is 4.89. The van der Waals surface area contributed by atoms with Crippen LogP contribution in [-0.4, -0.2) is 23.5 Å². The summed E-state index contributed by atoms with van der Waals surface area (Å²) in [5, 5.41) is 0. The van der Waals surface area contributed by atoms with Gasteiger partial charge in [0.05, 0.1) is 0 Å². The Hall–Kier alpha value is -0.860. The number of nitrogens with two attached hydrogens (primary N) is 1. The van der Waals surface area contributed by atoms with Crippen LogP contribution in [0.4, 0.5) is 0 Å². The van der Waals surface area contributed by atoms with E-state index in [1.807, 2.05) is 0 Å². The van der Waals surface area contributed by atoms with Crippen LogP contribution < -0.4 is 5.73 Å². The molecular formula is C18H30N2. The molecule has 1 heterocycles. The number of likely N-dealkylation sites (tertiary alicyclic amines) is 1. The van der Waals surface area contributed by atoms with Gasteiger partial charge >= 0.3 is 0 Å². The molecule has 0 amide bonds. The minimum absolute atomic E-state index is 0.106. The Bertz CT molecular complexity index is 422. The van der Waals surface area contributed by atoms with Gasteiger partial charge < -0.3 is 5.73 Å². The molecule has 1 unspecified atom stereocenters. The molecule has 2 rings (SSSR count). The summed E-state index contributed by atoms with van der Waals surface area (Å²) in [7, 11) is 0. The van der Waals surface area contributed by atoms with Crippen molar-refractivity contribution in [3.8, 4) is 0 Å². The summed E-state index contributed by atoms with van der Waals surface area (Å²) in [5.41, 5.74) is 10.8. The van der Waals surface area contributed by atoms with E-state index in [-0.39, 0.29) is 11.6 Å². The molecule has 2 nitrogen and oxygen atoms in total. The number of aryl methyl sites for hydroxylation is 2. The molecular weight excluding hydrogens is 244 g/mol. The van der Waals surface area contributed by atoms with Crippen LogP contribution in [0.5, 0.6) is 0 Å². The minimum atomic E-state index is 0.106. The zero-order valence-electron chi connectivity index (χ0n) is 13.6. The fourth-order valence-corrected chi connectivity index (χ4v) is 4.00. The number of hydrogen-bond acceptors (Lipinski definition) is 2. The predicted octanol–water partition coefficient (Wildman–Crippen LogP) is 3.96. The number of nitrogens with zero attached hydrogens (tertiary/aromatic N) is 1. The molecule has 0 bridgehead atoms. The number of hydrogen-bond donors (Lipinski definition) is 1. The molecule has 20 heavy (non-hydrogen) atoms. The van der Waals surface area contributed by atoms with Crippen LogP contribution in [-0.2, 0) is 0 Å². The maximum atomic E-state index is 6.77. The fourth-order valence-electron chi connectivity index (χ4n) is 4.00. The van der Waals surface area contributed by atoms with Crippen molar-refractivity contribution in [1.29, 1.82) is 0 Å². The molecule has 1 aromatic carbocycles. The third-order valence-corrected chi connectivity index (χ3v) is 5.14. The van der Waals surface area contributed by atoms with Gasteiger partial charge in [-0.3, -0.25) is 4.90 Å². The fraction of sp³-hybridized carbons (Fsp3) is 0.667. The summed E-state index contributed by atoms with van der Waals surface area (Å²) in [6.45, 7) is 11.3. The van der Waals surface area contributed by atoms with Gasteiger partial charge in [-0.15, -0.1) is 0 Å². The van der Waals surface area contributed by atoms with Crippen molar-refractivity contribution in [2.45, 2.75) is 65.0 Å². The van der Waals surface area contributed by atoms with E-state index in [4.69, 9.17) is 5.73 Å². The maximum absolute atomic E-state index is 6.77. The number of rotatable bonds is 5. The lowest BCUT2D eigenvalue weighted by Gasteiger charge is -2.45. The Labute approximate surface area is 124 Å². The highest BCUT2D eigenvalue weighted by atomic mass is 15.2. The molecule has 0 spiro atoms. The van der Waals surface area contributed by atoms with E-state index in [0.29, 0.717) is 0 Å². The first-order valence-electron chi connectivity index (χ1n) is 8.12. The third-order valence-electron chi connectivity index (χ3n) is 5.14. The van der Waals surface area contributed by atoms with Gasteiger partial charge in [-0.25, -0.2) is 0 Å². The van der Waals surface area contributed by atoms with Crippen LogP contribution >= 0.6 is 0 Å². The van der Waals surface area contributed by atoms with Crippen molar-refractivity contribution in [1.82, 2.24) is 4.90 Å². The first-order valence-corrected chi connectivity index (χ1v) is 8.12. The summed E-state index contributed by atoms with van der Waals surface area (Å²) < 4.78 is 0. The van der Waals surface area contributed by atoms with E-state index in [2.05, 4.69) is 50.8 Å². The summed E-state index contributed by atoms with van der Waals surface area (Å²) in [5.74, 6) is 0. The van der Waals surface area contributed by atoms with Gasteiger partial charge in [0, 0.05) is 11.6 Å². The highest BCUT2D eigenvalue weighted by molar-refractivity contribution is 5.32. The first-order chi connectivity index (χ1) is 9.53. The molecule has 1 fully saturated rings. The molecule has 0 radical (unpaired) electrons. The SMILES string of the molecule is CCC(CC)(C(N)c1cc(C)cc(C)c1)N1CCCC1. The van der Waals surface area contributed by atoms with Gasteiger partial charge in [-0.05, 0) is 58.2 Å². The van der Waals surface area contributed by atoms with Crippen molar-refractivity contribution >= 4 is 0 Å². The van der Waals surface area contributed by atoms with Gasteiger partial charge in [-0.1, -0.05) is 43.2 Å². The van der Waals surface area contributed by atoms with Crippen molar-refractivity contribution < 1.29 is 0 Å². The van der Waals surface area contributed by atoms with Gasteiger partial charge in [0.1, 0.15) is 0 Å². The number of benzene rings is 1. The second-order valence-corrected chi connectivity index (χ2v) is 6.40. The van der Waals surface area contributed by atoms with E-state index in [1.54, 1.807) is 0 Å². The third kappa shape index (κ3) is 2.77. The lowest BCUT2D eigenvalue weighted by molar-refractivity contribution is 0.0766. The molecule has 1 aliphatic rings. The second-order valence-electron chi connectivity index (χ2n) is 6.40. The van der Waals surface area contributed by atoms with Gasteiger partial charge in [-0.2, -0.15) is 0 Å². The molecule has 1 saturated heterocycles. The van der Waals surface area contributed by atoms with Gasteiger partial charge in [0.15, 0.2) is 0 Å². The maximum Gasteiger partial charge on any atom is 0.0482 e. The largest absolute Gasteiger partial charge is 0.322 e. The monoisotopic (exact) mass is 274 g/mol. The second kappa shape index (κ2) is 6.28. The van der Waals surface area contributed by atoms with E-state index in [0.717, 1.165) is 12.8 Å². The summed E-state index contributed by atoms with van der Waals surface area (Å²) in [4.78, 5) is 2.65. The van der Waals surface area contributed by atoms with Crippen LogP contribution in [0.25, 0.3) is 0 Å². The molecule has 0 aromatic heterocycles. The molecule has 112 valence electrons. The Kier molecular flexibility index (Phi) is 4.87. The zero-order chi connectivity index (χ0) is 14.8. The minimum Gasteiger partial charge on any atom is -0.322 e. The van der Waals surface area contributed by atoms with Crippen LogP contribution in [0.1, 0.15) is 62.3 Å². The van der Waals surface area contributed by atoms with Crippen molar-refractivity contribution in [2.75, 3.05) is 13.1 Å². The first kappa shape index (κ1) is 15.5. The van der Waals surface area contributed by atoms with Gasteiger partial charge in [0.25, 0.3) is 0 Å². The van der Waals surface area contributed by atoms with Crippen molar-refractivity contribution in [2.24, 2.45) is 5.73 Å². The van der Waals surface area contributed by atoms with Gasteiger partial charge in [0.2, 0.25) is 0 Å². The molecule has 2 heteroatoms. The molecule has 1 atom stereocenters. The highest BCUT2D eigenvalue weighted by Crippen LogP contribution is 2.38. The quantitative estimate of drug-likeness (QED) is 0.880. The highest BCUT2D eigenvalue weighted by Gasteiger charge is 2.40. The zero-order valence-corrected chi connectivity index (χ0v) is 13.6. The van der Waals surface area contributed by atoms with Crippen LogP contribution in [0.3, 0.4) is 0 Å². The standard InChI is InChI=1S/C18H30N2/c1-5-18(6-2,20-9-7-8-10-20)17(19)16-12-14(3)11-15(4)13-16/h11-13,17H,5-10,19H2,1-4H3. The van der Waals surface area contributed by atoms with E-state index in [9.17, 15) is 0 Å². The predicted molar refractivity (Wildman–Crippen MR) is 87.0 cm³/mol. The lowest BCUT2D eigenvalue weighted by Crippen LogP contribution is -2.53. The lowest BCUT2D eigenvalue weighted by atomic mass is 9.79. The smallest absolute Gasteiger partial charge is 0.0482 e. The normalized spacial score (nSPS) is 18.4. The average Bonchev–Trinajstić information content (AvgIpc) is 2.94. The molecule has 2 N–H and O–H groups in total. The summed E-state index contributed by atoms with van der Waals surface area (Å²) in [6, 6.07) is 6.88. The van der Waals surface area contributed by atoms with Crippen molar-refractivity contribution in [3.05, 3.63) is 34.9 Å². The Morgan fingerprint density at radius 3 is 2.00 bits per heavy atom.